The summed E-state index contributed by atoms with van der Waals surface area (Å²) in [4.78, 5) is 0. The lowest BCUT2D eigenvalue weighted by molar-refractivity contribution is -0.103. The fraction of sp³-hybridized carbons (Fsp3) is 1.00. The van der Waals surface area contributed by atoms with E-state index in [4.69, 9.17) is 4.74 Å². The number of rotatable bonds is 3. The molecule has 84 valence electrons. The van der Waals surface area contributed by atoms with Crippen molar-refractivity contribution >= 4 is 10.0 Å². The largest absolute Gasteiger partial charge is 0.371 e. The molecule has 4 nitrogen and oxygen atoms in total. The van der Waals surface area contributed by atoms with Crippen molar-refractivity contribution < 1.29 is 13.2 Å². The van der Waals surface area contributed by atoms with Crippen molar-refractivity contribution in [1.29, 1.82) is 0 Å². The van der Waals surface area contributed by atoms with Crippen LogP contribution in [0.2, 0.25) is 0 Å². The van der Waals surface area contributed by atoms with E-state index in [1.54, 1.807) is 0 Å². The first-order chi connectivity index (χ1) is 6.29. The van der Waals surface area contributed by atoms with Crippen LogP contribution in [0.25, 0.3) is 0 Å². The Hall–Kier alpha value is -0.130. The first kappa shape index (κ1) is 11.9. The molecule has 1 fully saturated rings. The summed E-state index contributed by atoms with van der Waals surface area (Å²) >= 11 is 0. The molecule has 0 radical (unpaired) electrons. The van der Waals surface area contributed by atoms with Crippen molar-refractivity contribution in [3.63, 3.8) is 0 Å². The zero-order chi connectivity index (χ0) is 10.8. The van der Waals surface area contributed by atoms with Gasteiger partial charge in [0.2, 0.25) is 10.0 Å². The van der Waals surface area contributed by atoms with Crippen molar-refractivity contribution in [2.75, 3.05) is 12.8 Å². The Morgan fingerprint density at radius 1 is 1.50 bits per heavy atom. The van der Waals surface area contributed by atoms with Gasteiger partial charge in [0, 0.05) is 6.54 Å². The second-order valence-corrected chi connectivity index (χ2v) is 6.35. The molecule has 1 atom stereocenters. The van der Waals surface area contributed by atoms with Crippen LogP contribution >= 0.6 is 0 Å². The molecule has 0 aromatic rings. The molecule has 1 heterocycles. The lowest BCUT2D eigenvalue weighted by atomic mass is 9.95. The summed E-state index contributed by atoms with van der Waals surface area (Å²) in [5, 5.41) is 0. The Labute approximate surface area is 86.1 Å². The molecule has 1 N–H and O–H groups in total. The topological polar surface area (TPSA) is 55.4 Å². The van der Waals surface area contributed by atoms with Gasteiger partial charge in [-0.3, -0.25) is 0 Å². The predicted octanol–water partition coefficient (Wildman–Crippen LogP) is 0.883. The minimum Gasteiger partial charge on any atom is -0.371 e. The lowest BCUT2D eigenvalue weighted by Gasteiger charge is -2.36. The molecule has 1 aliphatic rings. The molecule has 14 heavy (non-hydrogen) atoms. The lowest BCUT2D eigenvalue weighted by Crippen LogP contribution is -2.41. The third kappa shape index (κ3) is 4.39. The van der Waals surface area contributed by atoms with Crippen LogP contribution in [0, 0.1) is 0 Å². The summed E-state index contributed by atoms with van der Waals surface area (Å²) in [5.41, 5.74) is -0.109. The highest BCUT2D eigenvalue weighted by atomic mass is 32.2. The van der Waals surface area contributed by atoms with Crippen LogP contribution in [0.3, 0.4) is 0 Å². The van der Waals surface area contributed by atoms with Crippen molar-refractivity contribution in [3.05, 3.63) is 0 Å². The Morgan fingerprint density at radius 3 is 2.64 bits per heavy atom. The van der Waals surface area contributed by atoms with Crippen LogP contribution in [0.15, 0.2) is 0 Å². The van der Waals surface area contributed by atoms with Crippen LogP contribution < -0.4 is 4.72 Å². The highest BCUT2D eigenvalue weighted by Gasteiger charge is 2.28. The molecule has 0 amide bonds. The summed E-state index contributed by atoms with van der Waals surface area (Å²) in [6.45, 7) is 4.47. The van der Waals surface area contributed by atoms with Gasteiger partial charge in [0.15, 0.2) is 0 Å². The molecule has 0 spiro atoms. The Morgan fingerprint density at radius 2 is 2.14 bits per heavy atom. The molecule has 0 aromatic heterocycles. The third-order valence-corrected chi connectivity index (χ3v) is 3.05. The molecule has 1 rings (SSSR count). The van der Waals surface area contributed by atoms with Gasteiger partial charge in [-0.15, -0.1) is 0 Å². The number of hydrogen-bond donors (Lipinski definition) is 1. The van der Waals surface area contributed by atoms with E-state index < -0.39 is 10.0 Å². The molecule has 0 aliphatic carbocycles. The molecule has 1 aliphatic heterocycles. The number of nitrogens with one attached hydrogen (secondary N) is 1. The van der Waals surface area contributed by atoms with Crippen LogP contribution in [-0.4, -0.2) is 32.9 Å². The van der Waals surface area contributed by atoms with E-state index in [9.17, 15) is 8.42 Å². The van der Waals surface area contributed by atoms with Gasteiger partial charge in [0.05, 0.1) is 18.0 Å². The highest BCUT2D eigenvalue weighted by molar-refractivity contribution is 7.88. The highest BCUT2D eigenvalue weighted by Crippen LogP contribution is 2.27. The minimum atomic E-state index is -3.09. The molecule has 0 bridgehead atoms. The van der Waals surface area contributed by atoms with Gasteiger partial charge in [-0.2, -0.15) is 0 Å². The maximum Gasteiger partial charge on any atom is 0.208 e. The number of hydrogen-bond acceptors (Lipinski definition) is 3. The summed E-state index contributed by atoms with van der Waals surface area (Å²) in [5.74, 6) is 0. The van der Waals surface area contributed by atoms with Gasteiger partial charge in [-0.25, -0.2) is 13.1 Å². The molecule has 0 unspecified atom stereocenters. The van der Waals surface area contributed by atoms with E-state index in [-0.39, 0.29) is 11.7 Å². The fourth-order valence-corrected chi connectivity index (χ4v) is 2.20. The van der Waals surface area contributed by atoms with Crippen LogP contribution in [-0.2, 0) is 14.8 Å². The van der Waals surface area contributed by atoms with E-state index in [0.717, 1.165) is 19.3 Å². The Kier molecular flexibility index (Phi) is 3.55. The molecule has 1 saturated heterocycles. The van der Waals surface area contributed by atoms with Crippen LogP contribution in [0.4, 0.5) is 0 Å². The van der Waals surface area contributed by atoms with Crippen LogP contribution in [0.1, 0.15) is 33.1 Å². The first-order valence-corrected chi connectivity index (χ1v) is 6.80. The molecule has 0 saturated carbocycles. The van der Waals surface area contributed by atoms with Crippen molar-refractivity contribution in [2.45, 2.75) is 44.8 Å². The van der Waals surface area contributed by atoms with Gasteiger partial charge < -0.3 is 4.74 Å². The smallest absolute Gasteiger partial charge is 0.208 e. The van der Waals surface area contributed by atoms with Gasteiger partial charge in [-0.1, -0.05) is 0 Å². The second-order valence-electron chi connectivity index (χ2n) is 4.51. The monoisotopic (exact) mass is 221 g/mol. The van der Waals surface area contributed by atoms with Crippen molar-refractivity contribution in [1.82, 2.24) is 4.72 Å². The fourth-order valence-electron chi connectivity index (χ4n) is 1.71. The van der Waals surface area contributed by atoms with Crippen molar-refractivity contribution in [2.24, 2.45) is 0 Å². The third-order valence-electron chi connectivity index (χ3n) is 2.36. The molecule has 0 aromatic carbocycles. The zero-order valence-electron chi connectivity index (χ0n) is 9.04. The maximum absolute atomic E-state index is 10.9. The van der Waals surface area contributed by atoms with E-state index in [1.165, 1.54) is 6.26 Å². The molecular weight excluding hydrogens is 202 g/mol. The van der Waals surface area contributed by atoms with Gasteiger partial charge in [0.25, 0.3) is 0 Å². The second kappa shape index (κ2) is 4.16. The maximum atomic E-state index is 10.9. The average Bonchev–Trinajstić information content (AvgIpc) is 1.98. The zero-order valence-corrected chi connectivity index (χ0v) is 9.86. The van der Waals surface area contributed by atoms with E-state index >= 15 is 0 Å². The summed E-state index contributed by atoms with van der Waals surface area (Å²) in [6.07, 6.45) is 4.27. The van der Waals surface area contributed by atoms with Gasteiger partial charge >= 0.3 is 0 Å². The molecule has 5 heteroatoms. The average molecular weight is 221 g/mol. The Bertz CT molecular complexity index is 284. The van der Waals surface area contributed by atoms with E-state index in [0.29, 0.717) is 6.54 Å². The normalized spacial score (nSPS) is 27.5. The first-order valence-electron chi connectivity index (χ1n) is 4.91. The SMILES string of the molecule is CC1(C)CCC[C@H](CNS(C)(=O)=O)O1. The van der Waals surface area contributed by atoms with E-state index in [2.05, 4.69) is 4.72 Å². The van der Waals surface area contributed by atoms with Crippen LogP contribution in [0.5, 0.6) is 0 Å². The quantitative estimate of drug-likeness (QED) is 0.770. The summed E-state index contributed by atoms with van der Waals surface area (Å²) < 4.78 is 30.0. The number of ether oxygens (including phenoxy) is 1. The summed E-state index contributed by atoms with van der Waals surface area (Å²) in [6, 6.07) is 0. The molecular formula is C9H19NO3S. The summed E-state index contributed by atoms with van der Waals surface area (Å²) in [7, 11) is -3.09. The van der Waals surface area contributed by atoms with Crippen molar-refractivity contribution in [3.8, 4) is 0 Å². The minimum absolute atomic E-state index is 0.0217. The Balaban J connectivity index is 2.39. The predicted molar refractivity (Wildman–Crippen MR) is 55.6 cm³/mol. The van der Waals surface area contributed by atoms with Gasteiger partial charge in [0.1, 0.15) is 0 Å². The number of sulfonamides is 1. The standard InChI is InChI=1S/C9H19NO3S/c1-9(2)6-4-5-8(13-9)7-10-14(3,11)12/h8,10H,4-7H2,1-3H3/t8-/m1/s1. The van der Waals surface area contributed by atoms with Gasteiger partial charge in [-0.05, 0) is 33.1 Å². The van der Waals surface area contributed by atoms with E-state index in [1.807, 2.05) is 13.8 Å².